The van der Waals surface area contributed by atoms with E-state index in [-0.39, 0.29) is 12.1 Å². The Morgan fingerprint density at radius 1 is 1.38 bits per heavy atom. The van der Waals surface area contributed by atoms with Gasteiger partial charge < -0.3 is 0 Å². The molecule has 1 atom stereocenters. The number of rotatable bonds is 7. The molecule has 0 spiro atoms. The minimum atomic E-state index is -3.48. The van der Waals surface area contributed by atoms with E-state index in [0.29, 0.717) is 5.92 Å². The largest absolute Gasteiger partial charge is 0.277 e. The molecule has 7 heteroatoms. The zero-order chi connectivity index (χ0) is 15.5. The highest BCUT2D eigenvalue weighted by Gasteiger charge is 2.26. The second kappa shape index (κ2) is 7.17. The van der Waals surface area contributed by atoms with E-state index in [4.69, 9.17) is 0 Å². The molecule has 21 heavy (non-hydrogen) atoms. The maximum Gasteiger partial charge on any atom is 0.277 e. The lowest BCUT2D eigenvalue weighted by Gasteiger charge is -2.20. The maximum absolute atomic E-state index is 12.3. The third kappa shape index (κ3) is 5.32. The van der Waals surface area contributed by atoms with Crippen LogP contribution in [-0.4, -0.2) is 19.4 Å². The Morgan fingerprint density at radius 3 is 2.57 bits per heavy atom. The van der Waals surface area contributed by atoms with E-state index in [0.717, 1.165) is 42.8 Å². The van der Waals surface area contributed by atoms with Crippen LogP contribution in [0.3, 0.4) is 0 Å². The van der Waals surface area contributed by atoms with Crippen LogP contribution in [0.1, 0.15) is 62.7 Å². The lowest BCUT2D eigenvalue weighted by molar-refractivity contribution is 0.461. The van der Waals surface area contributed by atoms with E-state index in [9.17, 15) is 8.42 Å². The molecule has 1 heterocycles. The summed E-state index contributed by atoms with van der Waals surface area (Å²) in [5.74, 6) is 0.397. The van der Waals surface area contributed by atoms with Gasteiger partial charge in [-0.25, -0.2) is 4.98 Å². The van der Waals surface area contributed by atoms with E-state index in [1.165, 1.54) is 11.3 Å². The summed E-state index contributed by atoms with van der Waals surface area (Å²) in [6.45, 7) is 6.11. The van der Waals surface area contributed by atoms with Gasteiger partial charge in [-0.15, -0.1) is 11.3 Å². The number of hydrogen-bond acceptors (Lipinski definition) is 4. The van der Waals surface area contributed by atoms with E-state index < -0.39 is 10.2 Å². The highest BCUT2D eigenvalue weighted by atomic mass is 32.2. The molecule has 1 fully saturated rings. The zero-order valence-electron chi connectivity index (χ0n) is 12.9. The fraction of sp³-hybridized carbons (Fsp3) is 0.786. The first-order valence-corrected chi connectivity index (χ1v) is 9.93. The van der Waals surface area contributed by atoms with Crippen LogP contribution in [0.15, 0.2) is 5.38 Å². The number of nitrogens with zero attached hydrogens (tertiary/aromatic N) is 1. The quantitative estimate of drug-likeness (QED) is 0.807. The van der Waals surface area contributed by atoms with Gasteiger partial charge in [-0.3, -0.25) is 0 Å². The Morgan fingerprint density at radius 2 is 2.05 bits per heavy atom. The van der Waals surface area contributed by atoms with E-state index in [2.05, 4.69) is 28.3 Å². The van der Waals surface area contributed by atoms with Gasteiger partial charge in [0, 0.05) is 17.1 Å². The summed E-state index contributed by atoms with van der Waals surface area (Å²) >= 11 is 1.52. The summed E-state index contributed by atoms with van der Waals surface area (Å²) in [5, 5.41) is 2.81. The summed E-state index contributed by atoms with van der Waals surface area (Å²) in [5.41, 5.74) is 0.937. The third-order valence-electron chi connectivity index (χ3n) is 3.62. The van der Waals surface area contributed by atoms with Crippen LogP contribution >= 0.6 is 11.3 Å². The van der Waals surface area contributed by atoms with Gasteiger partial charge in [0.1, 0.15) is 5.01 Å². The Balaban J connectivity index is 2.06. The Labute approximate surface area is 131 Å². The van der Waals surface area contributed by atoms with Gasteiger partial charge in [0.15, 0.2) is 0 Å². The lowest BCUT2D eigenvalue weighted by atomic mass is 10.1. The van der Waals surface area contributed by atoms with Crippen LogP contribution in [0.4, 0.5) is 0 Å². The molecule has 1 saturated carbocycles. The Bertz CT molecular complexity index is 548. The molecule has 120 valence electrons. The number of aryl methyl sites for hydroxylation is 1. The second-order valence-electron chi connectivity index (χ2n) is 6.23. The van der Waals surface area contributed by atoms with Gasteiger partial charge in [0.2, 0.25) is 0 Å². The normalized spacial score (nSPS) is 18.5. The molecule has 1 aliphatic rings. The number of hydrogen-bond donors (Lipinski definition) is 2. The lowest BCUT2D eigenvalue weighted by Crippen LogP contribution is -2.43. The Hall–Kier alpha value is -0.500. The van der Waals surface area contributed by atoms with Crippen molar-refractivity contribution in [3.63, 3.8) is 0 Å². The molecule has 1 unspecified atom stereocenters. The van der Waals surface area contributed by atoms with Gasteiger partial charge in [-0.05, 0) is 32.1 Å². The van der Waals surface area contributed by atoms with Gasteiger partial charge in [-0.2, -0.15) is 17.9 Å². The average Bonchev–Trinajstić information content (AvgIpc) is 2.98. The molecule has 0 aromatic carbocycles. The van der Waals surface area contributed by atoms with Crippen molar-refractivity contribution in [3.8, 4) is 0 Å². The molecule has 5 nitrogen and oxygen atoms in total. The van der Waals surface area contributed by atoms with Crippen molar-refractivity contribution in [1.29, 1.82) is 0 Å². The van der Waals surface area contributed by atoms with Crippen molar-refractivity contribution in [3.05, 3.63) is 16.1 Å². The highest BCUT2D eigenvalue weighted by Crippen LogP contribution is 2.25. The van der Waals surface area contributed by atoms with E-state index >= 15 is 0 Å². The van der Waals surface area contributed by atoms with Crippen LogP contribution < -0.4 is 9.44 Å². The number of thiazole rings is 1. The van der Waals surface area contributed by atoms with Crippen LogP contribution in [0.25, 0.3) is 0 Å². The predicted octanol–water partition coefficient (Wildman–Crippen LogP) is 2.91. The van der Waals surface area contributed by atoms with Crippen LogP contribution in [0.2, 0.25) is 0 Å². The summed E-state index contributed by atoms with van der Waals surface area (Å²) in [6.07, 6.45) is 4.83. The minimum Gasteiger partial charge on any atom is -0.245 e. The molecule has 2 rings (SSSR count). The fourth-order valence-corrected chi connectivity index (χ4v) is 4.95. The zero-order valence-corrected chi connectivity index (χ0v) is 14.6. The Kier molecular flexibility index (Phi) is 5.76. The third-order valence-corrected chi connectivity index (χ3v) is 5.93. The maximum atomic E-state index is 12.3. The predicted molar refractivity (Wildman–Crippen MR) is 86.5 cm³/mol. The molecule has 1 aliphatic carbocycles. The first-order valence-electron chi connectivity index (χ1n) is 7.57. The van der Waals surface area contributed by atoms with Crippen molar-refractivity contribution < 1.29 is 8.42 Å². The summed E-state index contributed by atoms with van der Waals surface area (Å²) in [6, 6.07) is -0.164. The van der Waals surface area contributed by atoms with Crippen molar-refractivity contribution in [2.45, 2.75) is 65.0 Å². The van der Waals surface area contributed by atoms with E-state index in [1.807, 2.05) is 12.3 Å². The molecule has 0 amide bonds. The first kappa shape index (κ1) is 16.9. The summed E-state index contributed by atoms with van der Waals surface area (Å²) < 4.78 is 30.2. The topological polar surface area (TPSA) is 71.1 Å². The van der Waals surface area contributed by atoms with Crippen molar-refractivity contribution >= 4 is 21.5 Å². The number of aromatic nitrogens is 1. The number of nitrogens with one attached hydrogen (secondary N) is 2. The van der Waals surface area contributed by atoms with Crippen molar-refractivity contribution in [2.24, 2.45) is 5.92 Å². The van der Waals surface area contributed by atoms with Crippen LogP contribution in [-0.2, 0) is 10.2 Å². The summed E-state index contributed by atoms with van der Waals surface area (Å²) in [7, 11) is -3.48. The molecule has 0 radical (unpaired) electrons. The SMILES string of the molecule is Cc1csc(C(CC(C)C)NS(=O)(=O)NC2CCCC2)n1. The van der Waals surface area contributed by atoms with Gasteiger partial charge in [0.05, 0.1) is 6.04 Å². The van der Waals surface area contributed by atoms with Crippen LogP contribution in [0.5, 0.6) is 0 Å². The van der Waals surface area contributed by atoms with Gasteiger partial charge in [-0.1, -0.05) is 26.7 Å². The molecule has 0 bridgehead atoms. The monoisotopic (exact) mass is 331 g/mol. The molecule has 0 saturated heterocycles. The molecule has 1 aromatic rings. The van der Waals surface area contributed by atoms with Crippen molar-refractivity contribution in [1.82, 2.24) is 14.4 Å². The van der Waals surface area contributed by atoms with Crippen molar-refractivity contribution in [2.75, 3.05) is 0 Å². The second-order valence-corrected chi connectivity index (χ2v) is 8.60. The standard InChI is InChI=1S/C14H25N3O2S2/c1-10(2)8-13(14-15-11(3)9-20-14)17-21(18,19)16-12-6-4-5-7-12/h9-10,12-13,16-17H,4-8H2,1-3H3. The molecular weight excluding hydrogens is 306 g/mol. The average molecular weight is 332 g/mol. The minimum absolute atomic E-state index is 0.0835. The summed E-state index contributed by atoms with van der Waals surface area (Å²) in [4.78, 5) is 4.44. The fourth-order valence-electron chi connectivity index (χ4n) is 2.69. The molecule has 0 aliphatic heterocycles. The first-order chi connectivity index (χ1) is 9.85. The molecule has 2 N–H and O–H groups in total. The highest BCUT2D eigenvalue weighted by molar-refractivity contribution is 7.87. The van der Waals surface area contributed by atoms with E-state index in [1.54, 1.807) is 0 Å². The van der Waals surface area contributed by atoms with Gasteiger partial charge in [0.25, 0.3) is 10.2 Å². The molecular formula is C14H25N3O2S2. The smallest absolute Gasteiger partial charge is 0.245 e. The van der Waals surface area contributed by atoms with Gasteiger partial charge >= 0.3 is 0 Å². The van der Waals surface area contributed by atoms with Crippen LogP contribution in [0, 0.1) is 12.8 Å². The molecule has 1 aromatic heterocycles.